The Morgan fingerprint density at radius 1 is 1.21 bits per heavy atom. The van der Waals surface area contributed by atoms with Gasteiger partial charge in [-0.15, -0.1) is 5.10 Å². The Bertz CT molecular complexity index is 600. The predicted molar refractivity (Wildman–Crippen MR) is 70.9 cm³/mol. The van der Waals surface area contributed by atoms with Crippen LogP contribution in [0.4, 0.5) is 5.69 Å². The smallest absolute Gasteiger partial charge is 0.258 e. The number of non-ortho nitro benzene ring substituents is 1. The Balaban J connectivity index is 2.05. The lowest BCUT2D eigenvalue weighted by molar-refractivity contribution is -0.383. The normalized spacial score (nSPS) is 17.5. The van der Waals surface area contributed by atoms with Crippen LogP contribution in [-0.2, 0) is 0 Å². The average molecular weight is 260 g/mol. The van der Waals surface area contributed by atoms with E-state index in [1.54, 1.807) is 6.07 Å². The van der Waals surface area contributed by atoms with Gasteiger partial charge in [-0.05, 0) is 18.9 Å². The van der Waals surface area contributed by atoms with Gasteiger partial charge in [0.15, 0.2) is 5.52 Å². The minimum Gasteiger partial charge on any atom is -0.258 e. The summed E-state index contributed by atoms with van der Waals surface area (Å²) in [5, 5.41) is 19.2. The first kappa shape index (κ1) is 12.1. The van der Waals surface area contributed by atoms with Crippen LogP contribution in [0.2, 0.25) is 0 Å². The summed E-state index contributed by atoms with van der Waals surface area (Å²) in [7, 11) is 0. The highest BCUT2D eigenvalue weighted by atomic mass is 16.6. The largest absolute Gasteiger partial charge is 0.299 e. The fraction of sp³-hybridized carbons (Fsp3) is 0.538. The maximum Gasteiger partial charge on any atom is 0.299 e. The molecule has 0 unspecified atom stereocenters. The van der Waals surface area contributed by atoms with Crippen molar-refractivity contribution in [3.63, 3.8) is 0 Å². The molecule has 2 aromatic rings. The number of hydrogen-bond acceptors (Lipinski definition) is 4. The van der Waals surface area contributed by atoms with E-state index in [0.29, 0.717) is 11.6 Å². The highest BCUT2D eigenvalue weighted by Crippen LogP contribution is 2.31. The molecule has 0 bridgehead atoms. The molecule has 6 nitrogen and oxygen atoms in total. The number of hydrogen-bond donors (Lipinski definition) is 0. The minimum absolute atomic E-state index is 0.0392. The highest BCUT2D eigenvalue weighted by molar-refractivity contribution is 5.83. The van der Waals surface area contributed by atoms with Crippen LogP contribution in [0.15, 0.2) is 18.2 Å². The Hall–Kier alpha value is -1.98. The van der Waals surface area contributed by atoms with Gasteiger partial charge in [0.2, 0.25) is 0 Å². The lowest BCUT2D eigenvalue weighted by atomic mass is 10.1. The molecule has 6 heteroatoms. The summed E-state index contributed by atoms with van der Waals surface area (Å²) in [5.74, 6) is 0. The second-order valence-electron chi connectivity index (χ2n) is 5.08. The third-order valence-corrected chi connectivity index (χ3v) is 3.85. The molecule has 0 amide bonds. The van der Waals surface area contributed by atoms with Crippen molar-refractivity contribution in [1.29, 1.82) is 0 Å². The number of nitro benzene ring substituents is 1. The molecule has 1 saturated carbocycles. The maximum absolute atomic E-state index is 11.0. The zero-order chi connectivity index (χ0) is 13.2. The van der Waals surface area contributed by atoms with Crippen LogP contribution < -0.4 is 0 Å². The molecule has 0 saturated heterocycles. The zero-order valence-electron chi connectivity index (χ0n) is 10.7. The summed E-state index contributed by atoms with van der Waals surface area (Å²) in [4.78, 5) is 10.6. The van der Waals surface area contributed by atoms with E-state index in [0.717, 1.165) is 18.4 Å². The van der Waals surface area contributed by atoms with E-state index >= 15 is 0 Å². The van der Waals surface area contributed by atoms with Crippen molar-refractivity contribution < 1.29 is 4.92 Å². The quantitative estimate of drug-likeness (QED) is 0.472. The molecule has 0 radical (unpaired) electrons. The van der Waals surface area contributed by atoms with Crippen LogP contribution in [0.5, 0.6) is 0 Å². The van der Waals surface area contributed by atoms with Gasteiger partial charge in [-0.25, -0.2) is 4.68 Å². The van der Waals surface area contributed by atoms with E-state index in [2.05, 4.69) is 10.3 Å². The molecule has 3 rings (SSSR count). The summed E-state index contributed by atoms with van der Waals surface area (Å²) in [5.41, 5.74) is 1.22. The van der Waals surface area contributed by atoms with Gasteiger partial charge < -0.3 is 0 Å². The lowest BCUT2D eigenvalue weighted by Crippen LogP contribution is -2.09. The van der Waals surface area contributed by atoms with Crippen LogP contribution >= 0.6 is 0 Å². The number of nitrogens with zero attached hydrogens (tertiary/aromatic N) is 4. The molecule has 1 aliphatic rings. The number of aromatic nitrogens is 3. The lowest BCUT2D eigenvalue weighted by Gasteiger charge is -2.14. The molecular formula is C13H16N4O2. The monoisotopic (exact) mass is 260 g/mol. The van der Waals surface area contributed by atoms with Gasteiger partial charge in [-0.3, -0.25) is 10.1 Å². The molecule has 0 aliphatic heterocycles. The van der Waals surface area contributed by atoms with E-state index in [1.165, 1.54) is 31.7 Å². The molecular weight excluding hydrogens is 244 g/mol. The van der Waals surface area contributed by atoms with Crippen molar-refractivity contribution in [2.24, 2.45) is 0 Å². The van der Waals surface area contributed by atoms with Crippen LogP contribution in [-0.4, -0.2) is 19.9 Å². The minimum atomic E-state index is -0.394. The average Bonchev–Trinajstić information content (AvgIpc) is 2.66. The molecule has 100 valence electrons. The molecule has 0 atom stereocenters. The van der Waals surface area contributed by atoms with Crippen LogP contribution in [0.3, 0.4) is 0 Å². The van der Waals surface area contributed by atoms with E-state index < -0.39 is 4.92 Å². The Morgan fingerprint density at radius 2 is 1.95 bits per heavy atom. The summed E-state index contributed by atoms with van der Waals surface area (Å²) >= 11 is 0. The number of benzene rings is 1. The standard InChI is InChI=1S/C13H16N4O2/c18-17(19)12-9-5-8-11-13(12)14-15-16(11)10-6-3-1-2-4-7-10/h5,8-10H,1-4,6-7H2. The second kappa shape index (κ2) is 4.95. The van der Waals surface area contributed by atoms with E-state index in [1.807, 2.05) is 10.7 Å². The van der Waals surface area contributed by atoms with Gasteiger partial charge in [-0.2, -0.15) is 0 Å². The summed E-state index contributed by atoms with van der Waals surface area (Å²) in [6, 6.07) is 5.38. The fourth-order valence-electron chi connectivity index (χ4n) is 2.87. The summed E-state index contributed by atoms with van der Waals surface area (Å²) in [6.07, 6.45) is 7.09. The van der Waals surface area contributed by atoms with Gasteiger partial charge in [0.05, 0.1) is 16.5 Å². The Kier molecular flexibility index (Phi) is 3.15. The van der Waals surface area contributed by atoms with Gasteiger partial charge in [0, 0.05) is 6.07 Å². The molecule has 1 aromatic heterocycles. The van der Waals surface area contributed by atoms with Crippen LogP contribution in [0.1, 0.15) is 44.6 Å². The van der Waals surface area contributed by atoms with Crippen molar-refractivity contribution in [1.82, 2.24) is 15.0 Å². The molecule has 0 N–H and O–H groups in total. The van der Waals surface area contributed by atoms with Crippen molar-refractivity contribution in [2.75, 3.05) is 0 Å². The van der Waals surface area contributed by atoms with Gasteiger partial charge in [-0.1, -0.05) is 37.0 Å². The summed E-state index contributed by atoms with van der Waals surface area (Å²) in [6.45, 7) is 0. The SMILES string of the molecule is O=[N+]([O-])c1cccc2c1nnn2C1CCCCCC1. The van der Waals surface area contributed by atoms with Crippen LogP contribution in [0, 0.1) is 10.1 Å². The van der Waals surface area contributed by atoms with Crippen molar-refractivity contribution in [3.8, 4) is 0 Å². The second-order valence-corrected chi connectivity index (χ2v) is 5.08. The van der Waals surface area contributed by atoms with Crippen molar-refractivity contribution >= 4 is 16.7 Å². The molecule has 1 heterocycles. The number of rotatable bonds is 2. The molecule has 1 fully saturated rings. The van der Waals surface area contributed by atoms with E-state index in [9.17, 15) is 10.1 Å². The number of nitro groups is 1. The predicted octanol–water partition coefficient (Wildman–Crippen LogP) is 3.23. The Morgan fingerprint density at radius 3 is 2.63 bits per heavy atom. The van der Waals surface area contributed by atoms with Gasteiger partial charge >= 0.3 is 0 Å². The third kappa shape index (κ3) is 2.18. The first-order valence-electron chi connectivity index (χ1n) is 6.75. The number of fused-ring (bicyclic) bond motifs is 1. The van der Waals surface area contributed by atoms with Crippen LogP contribution in [0.25, 0.3) is 11.0 Å². The molecule has 1 aromatic carbocycles. The molecule has 0 spiro atoms. The fourth-order valence-corrected chi connectivity index (χ4v) is 2.87. The zero-order valence-corrected chi connectivity index (χ0v) is 10.7. The summed E-state index contributed by atoms with van der Waals surface area (Å²) < 4.78 is 1.88. The first-order chi connectivity index (χ1) is 9.27. The third-order valence-electron chi connectivity index (χ3n) is 3.85. The highest BCUT2D eigenvalue weighted by Gasteiger charge is 2.21. The maximum atomic E-state index is 11.0. The Labute approximate surface area is 110 Å². The van der Waals surface area contributed by atoms with Gasteiger partial charge in [0.25, 0.3) is 5.69 Å². The topological polar surface area (TPSA) is 73.8 Å². The first-order valence-corrected chi connectivity index (χ1v) is 6.75. The van der Waals surface area contributed by atoms with E-state index in [4.69, 9.17) is 0 Å². The van der Waals surface area contributed by atoms with Crippen molar-refractivity contribution in [3.05, 3.63) is 28.3 Å². The van der Waals surface area contributed by atoms with Gasteiger partial charge in [0.1, 0.15) is 0 Å². The van der Waals surface area contributed by atoms with E-state index in [-0.39, 0.29) is 5.69 Å². The molecule has 1 aliphatic carbocycles. The van der Waals surface area contributed by atoms with Crippen molar-refractivity contribution in [2.45, 2.75) is 44.6 Å². The molecule has 19 heavy (non-hydrogen) atoms.